The Balaban J connectivity index is 2.96. The molecule has 2 unspecified atom stereocenters. The Morgan fingerprint density at radius 2 is 1.94 bits per heavy atom. The van der Waals surface area contributed by atoms with Crippen molar-refractivity contribution in [3.05, 3.63) is 35.9 Å². The van der Waals surface area contributed by atoms with Crippen LogP contribution in [-0.2, 0) is 4.79 Å². The van der Waals surface area contributed by atoms with Gasteiger partial charge in [0.1, 0.15) is 0 Å². The molecule has 0 N–H and O–H groups in total. The highest BCUT2D eigenvalue weighted by Crippen LogP contribution is 2.28. The maximum absolute atomic E-state index is 12.5. The number of carbonyl (C=O) groups excluding carboxylic acids is 1. The number of nitrogens with zero attached hydrogens (tertiary/aromatic N) is 1. The fourth-order valence-electron chi connectivity index (χ4n) is 2.08. The molecular weight excluding hydrogens is 246 g/mol. The zero-order valence-electron chi connectivity index (χ0n) is 11.4. The van der Waals surface area contributed by atoms with E-state index in [-0.39, 0.29) is 11.8 Å². The van der Waals surface area contributed by atoms with E-state index >= 15 is 0 Å². The lowest BCUT2D eigenvalue weighted by atomic mass is 9.84. The van der Waals surface area contributed by atoms with Crippen molar-refractivity contribution in [1.29, 1.82) is 0 Å². The first-order chi connectivity index (χ1) is 8.61. The first-order valence-electron chi connectivity index (χ1n) is 6.47. The van der Waals surface area contributed by atoms with Crippen molar-refractivity contribution in [2.75, 3.05) is 19.5 Å². The zero-order valence-corrected chi connectivity index (χ0v) is 12.2. The third-order valence-electron chi connectivity index (χ3n) is 3.43. The number of amides is 1. The van der Waals surface area contributed by atoms with Crippen LogP contribution in [0.4, 0.5) is 0 Å². The molecule has 0 heterocycles. The molecule has 100 valence electrons. The van der Waals surface area contributed by atoms with Crippen LogP contribution in [0.1, 0.15) is 31.7 Å². The van der Waals surface area contributed by atoms with Crippen LogP contribution >= 0.6 is 11.6 Å². The molecule has 0 spiro atoms. The van der Waals surface area contributed by atoms with Gasteiger partial charge < -0.3 is 4.90 Å². The lowest BCUT2D eigenvalue weighted by Gasteiger charge is -2.27. The summed E-state index contributed by atoms with van der Waals surface area (Å²) in [6.07, 6.45) is 0.986. The molecule has 0 fully saturated rings. The second kappa shape index (κ2) is 7.42. The normalized spacial score (nSPS) is 14.0. The van der Waals surface area contributed by atoms with Crippen LogP contribution in [0.3, 0.4) is 0 Å². The minimum atomic E-state index is -0.0654. The molecule has 0 saturated heterocycles. The van der Waals surface area contributed by atoms with Crippen LogP contribution in [0.15, 0.2) is 30.3 Å². The van der Waals surface area contributed by atoms with Gasteiger partial charge in [0.25, 0.3) is 0 Å². The molecule has 1 rings (SSSR count). The highest BCUT2D eigenvalue weighted by Gasteiger charge is 2.27. The second-order valence-electron chi connectivity index (χ2n) is 4.72. The predicted molar refractivity (Wildman–Crippen MR) is 77.0 cm³/mol. The number of likely N-dealkylation sites (N-methyl/N-ethyl adjacent to an activating group) is 1. The summed E-state index contributed by atoms with van der Waals surface area (Å²) >= 11 is 5.71. The van der Waals surface area contributed by atoms with Gasteiger partial charge in [-0.15, -0.1) is 11.6 Å². The van der Waals surface area contributed by atoms with Gasteiger partial charge in [-0.3, -0.25) is 4.79 Å². The molecule has 0 saturated carbocycles. The molecule has 0 bridgehead atoms. The van der Waals surface area contributed by atoms with E-state index in [0.29, 0.717) is 18.3 Å². The van der Waals surface area contributed by atoms with E-state index < -0.39 is 0 Å². The number of hydrogen-bond donors (Lipinski definition) is 0. The summed E-state index contributed by atoms with van der Waals surface area (Å²) in [7, 11) is 1.82. The van der Waals surface area contributed by atoms with Gasteiger partial charge in [0.05, 0.1) is 5.92 Å². The van der Waals surface area contributed by atoms with Crippen LogP contribution < -0.4 is 0 Å². The lowest BCUT2D eigenvalue weighted by Crippen LogP contribution is -2.35. The van der Waals surface area contributed by atoms with Gasteiger partial charge in [-0.2, -0.15) is 0 Å². The summed E-state index contributed by atoms with van der Waals surface area (Å²) in [5.74, 6) is 0.905. The van der Waals surface area contributed by atoms with Gasteiger partial charge in [0.15, 0.2) is 0 Å². The fourth-order valence-corrected chi connectivity index (χ4v) is 2.34. The second-order valence-corrected chi connectivity index (χ2v) is 5.10. The van der Waals surface area contributed by atoms with E-state index in [2.05, 4.69) is 13.8 Å². The van der Waals surface area contributed by atoms with Crippen molar-refractivity contribution in [3.63, 3.8) is 0 Å². The number of halogens is 1. The van der Waals surface area contributed by atoms with Gasteiger partial charge in [0, 0.05) is 19.5 Å². The summed E-state index contributed by atoms with van der Waals surface area (Å²) in [5.41, 5.74) is 1.10. The summed E-state index contributed by atoms with van der Waals surface area (Å²) in [6, 6.07) is 10.0. The van der Waals surface area contributed by atoms with Crippen LogP contribution in [-0.4, -0.2) is 30.3 Å². The van der Waals surface area contributed by atoms with Crippen molar-refractivity contribution in [2.45, 2.75) is 26.2 Å². The minimum absolute atomic E-state index is 0.0654. The van der Waals surface area contributed by atoms with E-state index in [1.807, 2.05) is 37.4 Å². The third-order valence-corrected chi connectivity index (χ3v) is 3.60. The van der Waals surface area contributed by atoms with Crippen molar-refractivity contribution < 1.29 is 4.79 Å². The Kier molecular flexibility index (Phi) is 6.20. The molecule has 2 nitrogen and oxygen atoms in total. The van der Waals surface area contributed by atoms with E-state index in [9.17, 15) is 4.79 Å². The molecular formula is C15H22ClNO. The maximum Gasteiger partial charge on any atom is 0.230 e. The van der Waals surface area contributed by atoms with E-state index in [1.54, 1.807) is 4.90 Å². The average Bonchev–Trinajstić information content (AvgIpc) is 2.40. The van der Waals surface area contributed by atoms with Crippen molar-refractivity contribution >= 4 is 17.5 Å². The Morgan fingerprint density at radius 1 is 1.33 bits per heavy atom. The summed E-state index contributed by atoms with van der Waals surface area (Å²) in [6.45, 7) is 4.85. The number of alkyl halides is 1. The van der Waals surface area contributed by atoms with Gasteiger partial charge in [-0.25, -0.2) is 0 Å². The van der Waals surface area contributed by atoms with Crippen molar-refractivity contribution in [3.8, 4) is 0 Å². The quantitative estimate of drug-likeness (QED) is 0.723. The molecule has 2 atom stereocenters. The van der Waals surface area contributed by atoms with Crippen molar-refractivity contribution in [1.82, 2.24) is 4.90 Å². The van der Waals surface area contributed by atoms with Crippen LogP contribution in [0.5, 0.6) is 0 Å². The van der Waals surface area contributed by atoms with Gasteiger partial charge >= 0.3 is 0 Å². The summed E-state index contributed by atoms with van der Waals surface area (Å²) < 4.78 is 0. The van der Waals surface area contributed by atoms with E-state index in [0.717, 1.165) is 12.0 Å². The summed E-state index contributed by atoms with van der Waals surface area (Å²) in [5, 5.41) is 0. The molecule has 0 aliphatic carbocycles. The number of hydrogen-bond acceptors (Lipinski definition) is 1. The molecule has 3 heteroatoms. The number of benzene rings is 1. The summed E-state index contributed by atoms with van der Waals surface area (Å²) in [4.78, 5) is 14.2. The van der Waals surface area contributed by atoms with Gasteiger partial charge in [-0.1, -0.05) is 50.6 Å². The Bertz CT molecular complexity index is 366. The van der Waals surface area contributed by atoms with E-state index in [1.165, 1.54) is 0 Å². The Labute approximate surface area is 115 Å². The van der Waals surface area contributed by atoms with E-state index in [4.69, 9.17) is 11.6 Å². The Hall–Kier alpha value is -1.02. The predicted octanol–water partition coefficient (Wildman–Crippen LogP) is 3.51. The molecule has 18 heavy (non-hydrogen) atoms. The van der Waals surface area contributed by atoms with Gasteiger partial charge in [0.2, 0.25) is 5.91 Å². The largest absolute Gasteiger partial charge is 0.344 e. The highest BCUT2D eigenvalue weighted by atomic mass is 35.5. The molecule has 1 aromatic rings. The molecule has 1 aromatic carbocycles. The SMILES string of the molecule is CCC(C)C(C(=O)N(C)CCCl)c1ccccc1. The molecule has 0 aliphatic rings. The molecule has 1 amide bonds. The third kappa shape index (κ3) is 3.74. The smallest absolute Gasteiger partial charge is 0.230 e. The minimum Gasteiger partial charge on any atom is -0.344 e. The van der Waals surface area contributed by atoms with Crippen LogP contribution in [0.2, 0.25) is 0 Å². The lowest BCUT2D eigenvalue weighted by molar-refractivity contribution is -0.132. The fraction of sp³-hybridized carbons (Fsp3) is 0.533. The molecule has 0 aromatic heterocycles. The molecule has 0 radical (unpaired) electrons. The monoisotopic (exact) mass is 267 g/mol. The topological polar surface area (TPSA) is 20.3 Å². The first kappa shape index (κ1) is 15.0. The number of carbonyl (C=O) groups is 1. The number of rotatable bonds is 6. The highest BCUT2D eigenvalue weighted by molar-refractivity contribution is 6.18. The maximum atomic E-state index is 12.5. The van der Waals surface area contributed by atoms with Crippen LogP contribution in [0.25, 0.3) is 0 Å². The van der Waals surface area contributed by atoms with Gasteiger partial charge in [-0.05, 0) is 11.5 Å². The average molecular weight is 268 g/mol. The molecule has 0 aliphatic heterocycles. The van der Waals surface area contributed by atoms with Crippen LogP contribution in [0, 0.1) is 5.92 Å². The zero-order chi connectivity index (χ0) is 13.5. The first-order valence-corrected chi connectivity index (χ1v) is 7.01. The van der Waals surface area contributed by atoms with Crippen molar-refractivity contribution in [2.24, 2.45) is 5.92 Å². The standard InChI is InChI=1S/C15H22ClNO/c1-4-12(2)14(13-8-6-5-7-9-13)15(18)17(3)11-10-16/h5-9,12,14H,4,10-11H2,1-3H3. The Morgan fingerprint density at radius 3 is 2.44 bits per heavy atom.